The smallest absolute Gasteiger partial charge is 0.321 e. The van der Waals surface area contributed by atoms with Gasteiger partial charge in [0.2, 0.25) is 5.91 Å². The third kappa shape index (κ3) is 6.72. The molecule has 1 aliphatic heterocycles. The number of carbonyl (C=O) groups is 3. The van der Waals surface area contributed by atoms with Crippen LogP contribution in [0.3, 0.4) is 0 Å². The first-order valence-electron chi connectivity index (χ1n) is 9.69. The Labute approximate surface area is 173 Å². The molecule has 0 bridgehead atoms. The first kappa shape index (κ1) is 21.1. The summed E-state index contributed by atoms with van der Waals surface area (Å²) in [5, 5.41) is 10.0. The van der Waals surface area contributed by atoms with Crippen molar-refractivity contribution in [1.29, 1.82) is 0 Å². The van der Waals surface area contributed by atoms with Crippen molar-refractivity contribution in [1.82, 2.24) is 20.9 Å². The molecule has 2 aromatic heterocycles. The molecule has 1 aliphatic rings. The van der Waals surface area contributed by atoms with Crippen LogP contribution in [0.25, 0.3) is 0 Å². The molecule has 1 saturated heterocycles. The SMILES string of the molecule is Cc1ccc(C(=O)NC2CCN(CC(=O)NC(=O)NCCc3cccs3)CC2)o1. The lowest BCUT2D eigenvalue weighted by Crippen LogP contribution is -2.49. The van der Waals surface area contributed by atoms with Crippen molar-refractivity contribution in [3.05, 3.63) is 46.0 Å². The molecule has 9 heteroatoms. The average Bonchev–Trinajstić information content (AvgIpc) is 3.35. The molecule has 0 aromatic carbocycles. The third-order valence-corrected chi connectivity index (χ3v) is 5.68. The summed E-state index contributed by atoms with van der Waals surface area (Å²) in [7, 11) is 0. The molecule has 3 rings (SSSR count). The zero-order valence-electron chi connectivity index (χ0n) is 16.4. The number of hydrogen-bond donors (Lipinski definition) is 3. The van der Waals surface area contributed by atoms with Crippen molar-refractivity contribution in [3.63, 3.8) is 0 Å². The quantitative estimate of drug-likeness (QED) is 0.637. The standard InChI is InChI=1S/C20H26N4O4S/c1-14-4-5-17(28-14)19(26)22-15-7-10-24(11-8-15)13-18(25)23-20(27)21-9-6-16-3-2-12-29-16/h2-5,12,15H,6-11,13H2,1H3,(H,22,26)(H2,21,23,25,27). The van der Waals surface area contributed by atoms with Crippen molar-refractivity contribution in [2.45, 2.75) is 32.2 Å². The van der Waals surface area contributed by atoms with Gasteiger partial charge in [0.05, 0.1) is 6.54 Å². The number of thiophene rings is 1. The van der Waals surface area contributed by atoms with Gasteiger partial charge >= 0.3 is 6.03 Å². The van der Waals surface area contributed by atoms with Crippen molar-refractivity contribution in [2.75, 3.05) is 26.2 Å². The Morgan fingerprint density at radius 1 is 1.21 bits per heavy atom. The van der Waals surface area contributed by atoms with E-state index >= 15 is 0 Å². The monoisotopic (exact) mass is 418 g/mol. The fourth-order valence-corrected chi connectivity index (χ4v) is 3.92. The number of nitrogens with zero attached hydrogens (tertiary/aromatic N) is 1. The molecule has 0 atom stereocenters. The van der Waals surface area contributed by atoms with Crippen LogP contribution >= 0.6 is 11.3 Å². The van der Waals surface area contributed by atoms with Gasteiger partial charge in [0.1, 0.15) is 5.76 Å². The van der Waals surface area contributed by atoms with E-state index in [1.165, 1.54) is 4.88 Å². The number of carbonyl (C=O) groups excluding carboxylic acids is 3. The fourth-order valence-electron chi connectivity index (χ4n) is 3.22. The average molecular weight is 419 g/mol. The lowest BCUT2D eigenvalue weighted by molar-refractivity contribution is -0.121. The Kier molecular flexibility index (Phi) is 7.42. The van der Waals surface area contributed by atoms with Gasteiger partial charge in [0, 0.05) is 30.6 Å². The highest BCUT2D eigenvalue weighted by Gasteiger charge is 2.23. The van der Waals surface area contributed by atoms with Crippen molar-refractivity contribution >= 4 is 29.2 Å². The van der Waals surface area contributed by atoms with Crippen molar-refractivity contribution < 1.29 is 18.8 Å². The van der Waals surface area contributed by atoms with Crippen LogP contribution in [0.15, 0.2) is 34.1 Å². The number of hydrogen-bond acceptors (Lipinski definition) is 6. The summed E-state index contributed by atoms with van der Waals surface area (Å²) in [6, 6.07) is 6.98. The summed E-state index contributed by atoms with van der Waals surface area (Å²) in [5.41, 5.74) is 0. The highest BCUT2D eigenvalue weighted by Crippen LogP contribution is 2.12. The normalized spacial score (nSPS) is 15.1. The predicted molar refractivity (Wildman–Crippen MR) is 110 cm³/mol. The first-order valence-corrected chi connectivity index (χ1v) is 10.6. The number of aryl methyl sites for hydroxylation is 1. The number of likely N-dealkylation sites (tertiary alicyclic amines) is 1. The van der Waals surface area contributed by atoms with Crippen LogP contribution in [0.5, 0.6) is 0 Å². The number of nitrogens with one attached hydrogen (secondary N) is 3. The number of imide groups is 1. The van der Waals surface area contributed by atoms with E-state index in [4.69, 9.17) is 4.42 Å². The van der Waals surface area contributed by atoms with Gasteiger partial charge in [-0.1, -0.05) is 6.07 Å². The van der Waals surface area contributed by atoms with Gasteiger partial charge in [-0.15, -0.1) is 11.3 Å². The summed E-state index contributed by atoms with van der Waals surface area (Å²) in [4.78, 5) is 39.2. The molecule has 29 heavy (non-hydrogen) atoms. The third-order valence-electron chi connectivity index (χ3n) is 4.74. The molecule has 0 saturated carbocycles. The maximum Gasteiger partial charge on any atom is 0.321 e. The Bertz CT molecular complexity index is 825. The van der Waals surface area contributed by atoms with Gasteiger partial charge < -0.3 is 15.1 Å². The molecule has 3 N–H and O–H groups in total. The molecule has 0 aliphatic carbocycles. The summed E-state index contributed by atoms with van der Waals surface area (Å²) < 4.78 is 5.33. The molecular weight excluding hydrogens is 392 g/mol. The topological polar surface area (TPSA) is 104 Å². The molecular formula is C20H26N4O4S. The molecule has 2 aromatic rings. The van der Waals surface area contributed by atoms with E-state index < -0.39 is 6.03 Å². The number of piperidine rings is 1. The highest BCUT2D eigenvalue weighted by molar-refractivity contribution is 7.09. The highest BCUT2D eigenvalue weighted by atomic mass is 32.1. The number of amides is 4. The molecule has 0 spiro atoms. The Morgan fingerprint density at radius 2 is 2.00 bits per heavy atom. The van der Waals surface area contributed by atoms with Gasteiger partial charge in [0.15, 0.2) is 5.76 Å². The lowest BCUT2D eigenvalue weighted by Gasteiger charge is -2.31. The molecule has 4 amide bonds. The maximum absolute atomic E-state index is 12.1. The first-order chi connectivity index (χ1) is 14.0. The van der Waals surface area contributed by atoms with E-state index in [1.807, 2.05) is 22.4 Å². The van der Waals surface area contributed by atoms with Crippen LogP contribution in [0.1, 0.15) is 34.0 Å². The number of urea groups is 1. The van der Waals surface area contributed by atoms with E-state index in [2.05, 4.69) is 16.0 Å². The second-order valence-electron chi connectivity index (χ2n) is 7.07. The fraction of sp³-hybridized carbons (Fsp3) is 0.450. The zero-order valence-corrected chi connectivity index (χ0v) is 17.2. The van der Waals surface area contributed by atoms with Gasteiger partial charge in [-0.25, -0.2) is 4.79 Å². The Hall–Kier alpha value is -2.65. The van der Waals surface area contributed by atoms with Gasteiger partial charge in [-0.3, -0.25) is 19.8 Å². The molecule has 156 valence electrons. The van der Waals surface area contributed by atoms with E-state index in [0.29, 0.717) is 31.2 Å². The van der Waals surface area contributed by atoms with Crippen molar-refractivity contribution in [3.8, 4) is 0 Å². The summed E-state index contributed by atoms with van der Waals surface area (Å²) in [6.07, 6.45) is 2.23. The van der Waals surface area contributed by atoms with Gasteiger partial charge in [-0.05, 0) is 49.8 Å². The summed E-state index contributed by atoms with van der Waals surface area (Å²) >= 11 is 1.64. The second kappa shape index (κ2) is 10.2. The van der Waals surface area contributed by atoms with Crippen LogP contribution < -0.4 is 16.0 Å². The van der Waals surface area contributed by atoms with E-state index in [9.17, 15) is 14.4 Å². The minimum absolute atomic E-state index is 0.0489. The van der Waals surface area contributed by atoms with Gasteiger partial charge in [0.25, 0.3) is 5.91 Å². The van der Waals surface area contributed by atoms with Crippen LogP contribution in [0.2, 0.25) is 0 Å². The Morgan fingerprint density at radius 3 is 2.66 bits per heavy atom. The Balaban J connectivity index is 1.30. The van der Waals surface area contributed by atoms with Crippen LogP contribution in [0.4, 0.5) is 4.79 Å². The molecule has 0 radical (unpaired) electrons. The number of rotatable bonds is 7. The van der Waals surface area contributed by atoms with Crippen molar-refractivity contribution in [2.24, 2.45) is 0 Å². The summed E-state index contributed by atoms with van der Waals surface area (Å²) in [5.74, 6) is 0.474. The maximum atomic E-state index is 12.1. The molecule has 0 unspecified atom stereocenters. The predicted octanol–water partition coefficient (Wildman–Crippen LogP) is 1.91. The van der Waals surface area contributed by atoms with Crippen LogP contribution in [0, 0.1) is 6.92 Å². The van der Waals surface area contributed by atoms with E-state index in [-0.39, 0.29) is 24.4 Å². The minimum atomic E-state index is -0.470. The molecule has 1 fully saturated rings. The second-order valence-corrected chi connectivity index (χ2v) is 8.10. The zero-order chi connectivity index (χ0) is 20.6. The van der Waals surface area contributed by atoms with E-state index in [0.717, 1.165) is 19.3 Å². The van der Waals surface area contributed by atoms with Crippen LogP contribution in [-0.2, 0) is 11.2 Å². The largest absolute Gasteiger partial charge is 0.456 e. The molecule has 3 heterocycles. The lowest BCUT2D eigenvalue weighted by atomic mass is 10.0. The summed E-state index contributed by atoms with van der Waals surface area (Å²) in [6.45, 7) is 3.80. The number of furan rings is 1. The molecule has 8 nitrogen and oxygen atoms in total. The van der Waals surface area contributed by atoms with E-state index in [1.54, 1.807) is 30.4 Å². The van der Waals surface area contributed by atoms with Crippen LogP contribution in [-0.4, -0.2) is 55.0 Å². The minimum Gasteiger partial charge on any atom is -0.456 e. The van der Waals surface area contributed by atoms with Gasteiger partial charge in [-0.2, -0.15) is 0 Å².